The van der Waals surface area contributed by atoms with Gasteiger partial charge in [-0.2, -0.15) is 0 Å². The lowest BCUT2D eigenvalue weighted by Gasteiger charge is -2.36. The fraction of sp³-hybridized carbons (Fsp3) is 0.278. The van der Waals surface area contributed by atoms with Gasteiger partial charge < -0.3 is 0 Å². The number of halogens is 2. The maximum atomic E-state index is 13.4. The van der Waals surface area contributed by atoms with E-state index in [1.807, 2.05) is 24.3 Å². The van der Waals surface area contributed by atoms with Gasteiger partial charge in [0.2, 0.25) is 0 Å². The van der Waals surface area contributed by atoms with Gasteiger partial charge in [0.1, 0.15) is 10.5 Å². The van der Waals surface area contributed by atoms with Crippen molar-refractivity contribution < 1.29 is 13.2 Å². The van der Waals surface area contributed by atoms with Crippen LogP contribution in [0.2, 0.25) is 5.02 Å². The van der Waals surface area contributed by atoms with Crippen molar-refractivity contribution in [3.05, 3.63) is 63.6 Å². The van der Waals surface area contributed by atoms with Gasteiger partial charge in [0, 0.05) is 22.3 Å². The van der Waals surface area contributed by atoms with Crippen molar-refractivity contribution in [1.82, 2.24) is 0 Å². The summed E-state index contributed by atoms with van der Waals surface area (Å²) in [6.45, 7) is 0. The number of benzene rings is 2. The molecule has 0 bridgehead atoms. The Labute approximate surface area is 155 Å². The molecule has 2 aromatic carbocycles. The van der Waals surface area contributed by atoms with Crippen LogP contribution in [-0.2, 0) is 19.4 Å². The van der Waals surface area contributed by atoms with Crippen molar-refractivity contribution in [3.63, 3.8) is 0 Å². The summed E-state index contributed by atoms with van der Waals surface area (Å²) in [4.78, 5) is 12.0. The van der Waals surface area contributed by atoms with E-state index in [4.69, 9.17) is 11.6 Å². The minimum Gasteiger partial charge on any atom is -0.300 e. The Morgan fingerprint density at radius 2 is 1.46 bits per heavy atom. The average Bonchev–Trinajstić information content (AvgIpc) is 2.57. The number of Topliss-reactive ketones (excluding diaryl/α,β-unsaturated/α-hetero) is 1. The van der Waals surface area contributed by atoms with Crippen LogP contribution in [0.1, 0.15) is 31.2 Å². The van der Waals surface area contributed by atoms with Crippen molar-refractivity contribution in [2.24, 2.45) is 0 Å². The molecule has 1 aliphatic carbocycles. The second kappa shape index (κ2) is 6.62. The molecule has 0 aromatic heterocycles. The standard InChI is InChI=1S/C18H16BrClO3S/c19-14-3-1-13(2-4-14)18(11-9-16(21)10-12-18)24(22,23)17-7-5-15(20)6-8-17/h1-8H,9-12H2. The van der Waals surface area contributed by atoms with Crippen molar-refractivity contribution in [1.29, 1.82) is 0 Å². The number of hydrogen-bond acceptors (Lipinski definition) is 3. The maximum absolute atomic E-state index is 13.4. The molecule has 1 aliphatic rings. The molecule has 0 saturated heterocycles. The van der Waals surface area contributed by atoms with Crippen LogP contribution < -0.4 is 0 Å². The topological polar surface area (TPSA) is 51.2 Å². The molecule has 0 unspecified atom stereocenters. The zero-order valence-electron chi connectivity index (χ0n) is 12.8. The van der Waals surface area contributed by atoms with Crippen LogP contribution in [-0.4, -0.2) is 14.2 Å². The first-order valence-corrected chi connectivity index (χ1v) is 10.3. The Morgan fingerprint density at radius 1 is 0.917 bits per heavy atom. The summed E-state index contributed by atoms with van der Waals surface area (Å²) in [5, 5.41) is 0.491. The molecule has 0 N–H and O–H groups in total. The minimum absolute atomic E-state index is 0.119. The summed E-state index contributed by atoms with van der Waals surface area (Å²) in [6.07, 6.45) is 1.17. The van der Waals surface area contributed by atoms with Crippen molar-refractivity contribution in [3.8, 4) is 0 Å². The molecule has 1 saturated carbocycles. The lowest BCUT2D eigenvalue weighted by atomic mass is 9.82. The summed E-state index contributed by atoms with van der Waals surface area (Å²) in [7, 11) is -3.66. The quantitative estimate of drug-likeness (QED) is 0.699. The predicted octanol–water partition coefficient (Wildman–Crippen LogP) is 4.91. The molecular formula is C18H16BrClO3S. The molecule has 3 nitrogen and oxygen atoms in total. The van der Waals surface area contributed by atoms with Gasteiger partial charge in [-0.05, 0) is 54.8 Å². The molecule has 6 heteroatoms. The van der Waals surface area contributed by atoms with E-state index in [1.165, 1.54) is 12.1 Å². The molecule has 2 aromatic rings. The molecule has 0 aliphatic heterocycles. The highest BCUT2D eigenvalue weighted by molar-refractivity contribution is 9.10. The van der Waals surface area contributed by atoms with Crippen molar-refractivity contribution in [2.45, 2.75) is 35.3 Å². The van der Waals surface area contributed by atoms with Crippen LogP contribution in [0.25, 0.3) is 0 Å². The Balaban J connectivity index is 2.16. The summed E-state index contributed by atoms with van der Waals surface area (Å²) >= 11 is 9.27. The number of sulfone groups is 1. The highest BCUT2D eigenvalue weighted by atomic mass is 79.9. The van der Waals surface area contributed by atoms with E-state index in [0.717, 1.165) is 10.0 Å². The molecule has 3 rings (SSSR count). The summed E-state index contributed by atoms with van der Waals surface area (Å²) in [5.41, 5.74) is 0.730. The second-order valence-electron chi connectivity index (χ2n) is 6.00. The first kappa shape index (κ1) is 17.6. The van der Waals surface area contributed by atoms with E-state index in [2.05, 4.69) is 15.9 Å². The van der Waals surface area contributed by atoms with Crippen LogP contribution in [0.5, 0.6) is 0 Å². The number of rotatable bonds is 3. The van der Waals surface area contributed by atoms with E-state index in [9.17, 15) is 13.2 Å². The summed E-state index contributed by atoms with van der Waals surface area (Å²) in [5.74, 6) is 0.119. The first-order chi connectivity index (χ1) is 11.3. The molecular weight excluding hydrogens is 412 g/mol. The van der Waals surface area contributed by atoms with Gasteiger partial charge in [-0.3, -0.25) is 4.79 Å². The van der Waals surface area contributed by atoms with E-state index in [1.54, 1.807) is 12.1 Å². The summed E-state index contributed by atoms with van der Waals surface area (Å²) in [6, 6.07) is 13.6. The Bertz CT molecular complexity index is 848. The van der Waals surface area contributed by atoms with Crippen LogP contribution in [0.4, 0.5) is 0 Å². The van der Waals surface area contributed by atoms with Gasteiger partial charge in [-0.1, -0.05) is 39.7 Å². The van der Waals surface area contributed by atoms with Crippen LogP contribution in [0.15, 0.2) is 57.9 Å². The van der Waals surface area contributed by atoms with Gasteiger partial charge in [0.05, 0.1) is 4.90 Å². The number of hydrogen-bond donors (Lipinski definition) is 0. The third-order valence-electron chi connectivity index (χ3n) is 4.62. The van der Waals surface area contributed by atoms with E-state index >= 15 is 0 Å². The van der Waals surface area contributed by atoms with Gasteiger partial charge in [0.15, 0.2) is 9.84 Å². The molecule has 0 spiro atoms. The SMILES string of the molecule is O=C1CCC(c2ccc(Br)cc2)(S(=O)(=O)c2ccc(Cl)cc2)CC1. The van der Waals surface area contributed by atoms with Crippen LogP contribution >= 0.6 is 27.5 Å². The molecule has 126 valence electrons. The molecule has 0 atom stereocenters. The Kier molecular flexibility index (Phi) is 4.87. The smallest absolute Gasteiger partial charge is 0.188 e. The third-order valence-corrected chi connectivity index (χ3v) is 7.97. The summed E-state index contributed by atoms with van der Waals surface area (Å²) < 4.78 is 26.7. The minimum atomic E-state index is -3.66. The zero-order chi connectivity index (χ0) is 17.4. The van der Waals surface area contributed by atoms with Gasteiger partial charge in [-0.15, -0.1) is 0 Å². The Hall–Kier alpha value is -1.17. The average molecular weight is 428 g/mol. The zero-order valence-corrected chi connectivity index (χ0v) is 16.0. The van der Waals surface area contributed by atoms with Crippen LogP contribution in [0.3, 0.4) is 0 Å². The number of ketones is 1. The fourth-order valence-corrected chi connectivity index (χ4v) is 5.76. The van der Waals surface area contributed by atoms with Gasteiger partial charge in [-0.25, -0.2) is 8.42 Å². The van der Waals surface area contributed by atoms with Crippen molar-refractivity contribution in [2.75, 3.05) is 0 Å². The molecule has 0 amide bonds. The molecule has 0 heterocycles. The lowest BCUT2D eigenvalue weighted by molar-refractivity contribution is -0.120. The predicted molar refractivity (Wildman–Crippen MR) is 97.9 cm³/mol. The third kappa shape index (κ3) is 3.05. The fourth-order valence-electron chi connectivity index (χ4n) is 3.24. The molecule has 1 fully saturated rings. The van der Waals surface area contributed by atoms with Crippen molar-refractivity contribution >= 4 is 43.2 Å². The largest absolute Gasteiger partial charge is 0.300 e. The number of carbonyl (C=O) groups is 1. The normalized spacial score (nSPS) is 17.7. The maximum Gasteiger partial charge on any atom is 0.188 e. The highest BCUT2D eigenvalue weighted by Crippen LogP contribution is 2.46. The first-order valence-electron chi connectivity index (χ1n) is 7.63. The second-order valence-corrected chi connectivity index (χ2v) is 9.61. The van der Waals surface area contributed by atoms with Gasteiger partial charge in [0.25, 0.3) is 0 Å². The van der Waals surface area contributed by atoms with E-state index in [-0.39, 0.29) is 23.5 Å². The van der Waals surface area contributed by atoms with E-state index in [0.29, 0.717) is 17.9 Å². The van der Waals surface area contributed by atoms with Gasteiger partial charge >= 0.3 is 0 Å². The monoisotopic (exact) mass is 426 g/mol. The molecule has 24 heavy (non-hydrogen) atoms. The molecule has 0 radical (unpaired) electrons. The van der Waals surface area contributed by atoms with E-state index < -0.39 is 14.6 Å². The number of carbonyl (C=O) groups excluding carboxylic acids is 1. The lowest BCUT2D eigenvalue weighted by Crippen LogP contribution is -2.40. The highest BCUT2D eigenvalue weighted by Gasteiger charge is 2.48. The Morgan fingerprint density at radius 3 is 2.00 bits per heavy atom. The van der Waals surface area contributed by atoms with Crippen LogP contribution in [0, 0.1) is 0 Å².